The minimum Gasteiger partial charge on any atom is -0.487 e. The fourth-order valence-corrected chi connectivity index (χ4v) is 3.34. The average Bonchev–Trinajstić information content (AvgIpc) is 2.43. The number of nitrogens with zero attached hydrogens (tertiary/aromatic N) is 2. The van der Waals surface area contributed by atoms with E-state index in [4.69, 9.17) is 4.74 Å². The van der Waals surface area contributed by atoms with Gasteiger partial charge in [0.15, 0.2) is 5.75 Å². The van der Waals surface area contributed by atoms with Crippen LogP contribution in [0.15, 0.2) is 18.2 Å². The molecule has 1 aliphatic rings. The van der Waals surface area contributed by atoms with Gasteiger partial charge in [-0.1, -0.05) is 19.9 Å². The molecule has 0 N–H and O–H groups in total. The Kier molecular flexibility index (Phi) is 5.77. The van der Waals surface area contributed by atoms with Crippen molar-refractivity contribution in [3.05, 3.63) is 33.9 Å². The SMILES string of the molecule is Cc1ccc(OCCCN2C[C@H](C)C[C@@H](C)C2)c([N+](=O)[O-])c1. The zero-order chi connectivity index (χ0) is 16.1. The van der Waals surface area contributed by atoms with Gasteiger partial charge in [-0.15, -0.1) is 0 Å². The van der Waals surface area contributed by atoms with Crippen molar-refractivity contribution in [3.8, 4) is 5.75 Å². The molecule has 1 fully saturated rings. The molecule has 1 saturated heterocycles. The fourth-order valence-electron chi connectivity index (χ4n) is 3.34. The summed E-state index contributed by atoms with van der Waals surface area (Å²) in [6.45, 7) is 10.3. The maximum absolute atomic E-state index is 11.0. The van der Waals surface area contributed by atoms with E-state index in [1.165, 1.54) is 6.42 Å². The number of hydrogen-bond acceptors (Lipinski definition) is 4. The number of rotatable bonds is 6. The quantitative estimate of drug-likeness (QED) is 0.457. The summed E-state index contributed by atoms with van der Waals surface area (Å²) in [5.74, 6) is 1.88. The highest BCUT2D eigenvalue weighted by Crippen LogP contribution is 2.28. The van der Waals surface area contributed by atoms with Gasteiger partial charge < -0.3 is 9.64 Å². The van der Waals surface area contributed by atoms with Crippen LogP contribution in [0, 0.1) is 28.9 Å². The van der Waals surface area contributed by atoms with E-state index in [1.807, 2.05) is 13.0 Å². The molecule has 0 unspecified atom stereocenters. The van der Waals surface area contributed by atoms with Crippen molar-refractivity contribution in [2.24, 2.45) is 11.8 Å². The van der Waals surface area contributed by atoms with Gasteiger partial charge in [0.1, 0.15) is 0 Å². The van der Waals surface area contributed by atoms with E-state index in [1.54, 1.807) is 12.1 Å². The lowest BCUT2D eigenvalue weighted by atomic mass is 9.92. The van der Waals surface area contributed by atoms with Gasteiger partial charge in [0, 0.05) is 25.7 Å². The maximum Gasteiger partial charge on any atom is 0.311 e. The molecule has 122 valence electrons. The van der Waals surface area contributed by atoms with Crippen LogP contribution < -0.4 is 4.74 Å². The van der Waals surface area contributed by atoms with Crippen LogP contribution in [0.25, 0.3) is 0 Å². The Balaban J connectivity index is 1.80. The molecular weight excluding hydrogens is 280 g/mol. The first-order valence-electron chi connectivity index (χ1n) is 8.06. The second kappa shape index (κ2) is 7.58. The van der Waals surface area contributed by atoms with Crippen LogP contribution in [0.3, 0.4) is 0 Å². The third-order valence-corrected chi connectivity index (χ3v) is 4.13. The van der Waals surface area contributed by atoms with Gasteiger partial charge in [0.05, 0.1) is 11.5 Å². The Morgan fingerprint density at radius 2 is 2.00 bits per heavy atom. The predicted octanol–water partition coefficient (Wildman–Crippen LogP) is 3.65. The van der Waals surface area contributed by atoms with Gasteiger partial charge in [-0.05, 0) is 43.2 Å². The van der Waals surface area contributed by atoms with Gasteiger partial charge in [0.25, 0.3) is 0 Å². The molecule has 5 heteroatoms. The van der Waals surface area contributed by atoms with E-state index in [9.17, 15) is 10.1 Å². The molecule has 1 heterocycles. The number of benzene rings is 1. The van der Waals surface area contributed by atoms with Gasteiger partial charge in [-0.25, -0.2) is 0 Å². The molecule has 1 aliphatic heterocycles. The Labute approximate surface area is 132 Å². The van der Waals surface area contributed by atoms with E-state index in [2.05, 4.69) is 18.7 Å². The Morgan fingerprint density at radius 3 is 2.64 bits per heavy atom. The first-order valence-corrected chi connectivity index (χ1v) is 8.06. The molecule has 22 heavy (non-hydrogen) atoms. The molecule has 0 aromatic heterocycles. The second-order valence-electron chi connectivity index (χ2n) is 6.64. The van der Waals surface area contributed by atoms with E-state index >= 15 is 0 Å². The Hall–Kier alpha value is -1.62. The number of piperidine rings is 1. The summed E-state index contributed by atoms with van der Waals surface area (Å²) in [6, 6.07) is 5.10. The number of nitro groups is 1. The van der Waals surface area contributed by atoms with E-state index < -0.39 is 0 Å². The van der Waals surface area contributed by atoms with Crippen molar-refractivity contribution in [1.29, 1.82) is 0 Å². The topological polar surface area (TPSA) is 55.6 Å². The largest absolute Gasteiger partial charge is 0.487 e. The van der Waals surface area contributed by atoms with E-state index in [0.717, 1.165) is 43.5 Å². The molecule has 0 spiro atoms. The molecule has 1 aromatic carbocycles. The van der Waals surface area contributed by atoms with Crippen LogP contribution in [0.5, 0.6) is 5.75 Å². The molecule has 0 saturated carbocycles. The highest BCUT2D eigenvalue weighted by Gasteiger charge is 2.21. The normalized spacial score (nSPS) is 22.5. The second-order valence-corrected chi connectivity index (χ2v) is 6.64. The third-order valence-electron chi connectivity index (χ3n) is 4.13. The van der Waals surface area contributed by atoms with Crippen molar-refractivity contribution in [2.45, 2.75) is 33.6 Å². The molecule has 0 radical (unpaired) electrons. The maximum atomic E-state index is 11.0. The monoisotopic (exact) mass is 306 g/mol. The first kappa shape index (κ1) is 16.7. The number of aryl methyl sites for hydroxylation is 1. The van der Waals surface area contributed by atoms with Crippen LogP contribution in [-0.4, -0.2) is 36.1 Å². The molecule has 0 amide bonds. The summed E-state index contributed by atoms with van der Waals surface area (Å²) in [6.07, 6.45) is 2.20. The summed E-state index contributed by atoms with van der Waals surface area (Å²) >= 11 is 0. The molecule has 2 atom stereocenters. The van der Waals surface area contributed by atoms with Gasteiger partial charge >= 0.3 is 5.69 Å². The number of likely N-dealkylation sites (tertiary alicyclic amines) is 1. The van der Waals surface area contributed by atoms with Crippen LogP contribution in [0.2, 0.25) is 0 Å². The molecule has 0 aliphatic carbocycles. The summed E-state index contributed by atoms with van der Waals surface area (Å²) in [7, 11) is 0. The summed E-state index contributed by atoms with van der Waals surface area (Å²) in [4.78, 5) is 13.1. The van der Waals surface area contributed by atoms with Crippen molar-refractivity contribution in [3.63, 3.8) is 0 Å². The van der Waals surface area contributed by atoms with Crippen molar-refractivity contribution < 1.29 is 9.66 Å². The highest BCUT2D eigenvalue weighted by molar-refractivity contribution is 5.48. The highest BCUT2D eigenvalue weighted by atomic mass is 16.6. The van der Waals surface area contributed by atoms with Crippen LogP contribution >= 0.6 is 0 Å². The lowest BCUT2D eigenvalue weighted by Gasteiger charge is -2.34. The standard InChI is InChI=1S/C17H26N2O3/c1-13-5-6-17(16(10-13)19(20)21)22-8-4-7-18-11-14(2)9-15(3)12-18/h5-6,10,14-15H,4,7-9,11-12H2,1-3H3/t14-,15-/m1/s1. The lowest BCUT2D eigenvalue weighted by molar-refractivity contribution is -0.385. The summed E-state index contributed by atoms with van der Waals surface area (Å²) in [5.41, 5.74) is 0.926. The van der Waals surface area contributed by atoms with Gasteiger partial charge in [-0.3, -0.25) is 10.1 Å². The van der Waals surface area contributed by atoms with E-state index in [-0.39, 0.29) is 10.6 Å². The van der Waals surface area contributed by atoms with Gasteiger partial charge in [-0.2, -0.15) is 0 Å². The molecule has 0 bridgehead atoms. The van der Waals surface area contributed by atoms with Crippen molar-refractivity contribution >= 4 is 5.69 Å². The van der Waals surface area contributed by atoms with Crippen LogP contribution in [0.4, 0.5) is 5.69 Å². The number of hydrogen-bond donors (Lipinski definition) is 0. The number of ether oxygens (including phenoxy) is 1. The Bertz CT molecular complexity index is 509. The molecular formula is C17H26N2O3. The molecule has 1 aromatic rings. The van der Waals surface area contributed by atoms with Crippen LogP contribution in [0.1, 0.15) is 32.3 Å². The zero-order valence-electron chi connectivity index (χ0n) is 13.7. The Morgan fingerprint density at radius 1 is 1.32 bits per heavy atom. The first-order chi connectivity index (χ1) is 10.5. The average molecular weight is 306 g/mol. The smallest absolute Gasteiger partial charge is 0.311 e. The van der Waals surface area contributed by atoms with Crippen molar-refractivity contribution in [2.75, 3.05) is 26.2 Å². The third kappa shape index (κ3) is 4.70. The predicted molar refractivity (Wildman–Crippen MR) is 87.3 cm³/mol. The molecule has 5 nitrogen and oxygen atoms in total. The van der Waals surface area contributed by atoms with E-state index in [0.29, 0.717) is 12.4 Å². The van der Waals surface area contributed by atoms with Gasteiger partial charge in [0.2, 0.25) is 0 Å². The van der Waals surface area contributed by atoms with Crippen LogP contribution in [-0.2, 0) is 0 Å². The van der Waals surface area contributed by atoms with Crippen molar-refractivity contribution in [1.82, 2.24) is 4.90 Å². The minimum atomic E-state index is -0.379. The number of nitro benzene ring substituents is 1. The summed E-state index contributed by atoms with van der Waals surface area (Å²) < 4.78 is 5.63. The zero-order valence-corrected chi connectivity index (χ0v) is 13.7. The lowest BCUT2D eigenvalue weighted by Crippen LogP contribution is -2.39. The minimum absolute atomic E-state index is 0.0558. The molecule has 2 rings (SSSR count). The fraction of sp³-hybridized carbons (Fsp3) is 0.647. The summed E-state index contributed by atoms with van der Waals surface area (Å²) in [5, 5.41) is 11.0.